The number of rotatable bonds is 17. The van der Waals surface area contributed by atoms with Gasteiger partial charge in [-0.25, -0.2) is 16.8 Å². The molecule has 0 bridgehead atoms. The first-order chi connectivity index (χ1) is 32.3. The van der Waals surface area contributed by atoms with Crippen molar-refractivity contribution in [2.75, 3.05) is 40.0 Å². The van der Waals surface area contributed by atoms with Crippen molar-refractivity contribution in [1.82, 2.24) is 25.3 Å². The van der Waals surface area contributed by atoms with Gasteiger partial charge in [0.15, 0.2) is 10.1 Å². The lowest BCUT2D eigenvalue weighted by atomic mass is 10.1. The summed E-state index contributed by atoms with van der Waals surface area (Å²) >= 11 is 0. The first-order valence-corrected chi connectivity index (χ1v) is 26.0. The maximum absolute atomic E-state index is 13.6. The number of fused-ring (bicyclic) bond motifs is 4. The minimum absolute atomic E-state index is 0.0168. The topological polar surface area (TPSA) is 191 Å². The molecule has 7 aromatic carbocycles. The lowest BCUT2D eigenvalue weighted by molar-refractivity contribution is 0.251. The second-order valence-electron chi connectivity index (χ2n) is 15.8. The molecule has 0 saturated carbocycles. The van der Waals surface area contributed by atoms with Crippen LogP contribution in [0.3, 0.4) is 0 Å². The van der Waals surface area contributed by atoms with E-state index in [0.29, 0.717) is 57.1 Å². The van der Waals surface area contributed by atoms with Crippen LogP contribution >= 0.6 is 0 Å². The Hall–Kier alpha value is -6.63. The van der Waals surface area contributed by atoms with E-state index in [0.717, 1.165) is 35.8 Å². The molecule has 67 heavy (non-hydrogen) atoms. The Morgan fingerprint density at radius 3 is 1.52 bits per heavy atom. The van der Waals surface area contributed by atoms with E-state index in [1.165, 1.54) is 12.1 Å². The molecule has 0 saturated heterocycles. The molecule has 0 atom stereocenters. The number of H-pyrrole nitrogens is 2. The van der Waals surface area contributed by atoms with Gasteiger partial charge in [-0.05, 0) is 98.4 Å². The fourth-order valence-corrected chi connectivity index (χ4v) is 11.6. The van der Waals surface area contributed by atoms with Crippen molar-refractivity contribution in [2.45, 2.75) is 51.4 Å². The summed E-state index contributed by atoms with van der Waals surface area (Å²) in [5.41, 5.74) is 2.03. The normalized spacial score (nSPS) is 12.2. The van der Waals surface area contributed by atoms with E-state index < -0.39 is 29.8 Å². The smallest absolute Gasteiger partial charge is 0.296 e. The molecule has 0 radical (unpaired) electrons. The molecule has 346 valence electrons. The van der Waals surface area contributed by atoms with Gasteiger partial charge in [0.25, 0.3) is 10.1 Å². The SMILES string of the molecule is CCN(C)CCCOc1ccc2n[nH]c(S(=O)(=O)c3cccc4ccccc34)c2c1.Cc1ccc(S(=O)(=O)OCCCOc2ccc3n[nH]c(S(=O)(=O)c4cccc5ccccc45)c3c2)cc1. The quantitative estimate of drug-likeness (QED) is 0.0651. The minimum Gasteiger partial charge on any atom is -0.494 e. The fourth-order valence-electron chi connectivity index (χ4n) is 7.47. The first kappa shape index (κ1) is 46.9. The Labute approximate surface area is 389 Å². The fraction of sp³-hybridized carbons (Fsp3) is 0.200. The van der Waals surface area contributed by atoms with Crippen molar-refractivity contribution < 1.29 is 38.9 Å². The van der Waals surface area contributed by atoms with Crippen LogP contribution in [0.5, 0.6) is 11.5 Å². The van der Waals surface area contributed by atoms with E-state index in [-0.39, 0.29) is 38.0 Å². The number of nitrogens with one attached hydrogen (secondary N) is 2. The highest BCUT2D eigenvalue weighted by Gasteiger charge is 2.27. The third-order valence-electron chi connectivity index (χ3n) is 11.2. The average Bonchev–Trinajstić information content (AvgIpc) is 3.98. The second-order valence-corrected chi connectivity index (χ2v) is 21.1. The molecule has 0 aliphatic carbocycles. The summed E-state index contributed by atoms with van der Waals surface area (Å²) in [7, 11) is -9.46. The number of hydrogen-bond acceptors (Lipinski definition) is 12. The number of nitrogens with zero attached hydrogens (tertiary/aromatic N) is 3. The summed E-state index contributed by atoms with van der Waals surface area (Å²) in [6.07, 6.45) is 1.21. The van der Waals surface area contributed by atoms with E-state index in [1.807, 2.05) is 61.5 Å². The monoisotopic (exact) mass is 959 g/mol. The van der Waals surface area contributed by atoms with Gasteiger partial charge < -0.3 is 14.4 Å². The van der Waals surface area contributed by atoms with Crippen LogP contribution in [0.2, 0.25) is 0 Å². The Balaban J connectivity index is 0.000000186. The minimum atomic E-state index is -3.90. The maximum atomic E-state index is 13.6. The summed E-state index contributed by atoms with van der Waals surface area (Å²) in [5, 5.41) is 17.8. The molecule has 14 nitrogen and oxygen atoms in total. The van der Waals surface area contributed by atoms with Gasteiger partial charge in [0.1, 0.15) is 11.5 Å². The third-order valence-corrected chi connectivity index (χ3v) is 16.1. The molecular formula is C50H49N5O9S3. The molecule has 2 aromatic heterocycles. The molecule has 9 aromatic rings. The molecule has 0 aliphatic heterocycles. The van der Waals surface area contributed by atoms with Crippen molar-refractivity contribution in [3.63, 3.8) is 0 Å². The first-order valence-electron chi connectivity index (χ1n) is 21.6. The molecule has 2 N–H and O–H groups in total. The second kappa shape index (κ2) is 20.1. The highest BCUT2D eigenvalue weighted by Crippen LogP contribution is 2.34. The molecule has 0 unspecified atom stereocenters. The maximum Gasteiger partial charge on any atom is 0.296 e. The summed E-state index contributed by atoms with van der Waals surface area (Å²) in [6, 6.07) is 41.9. The lowest BCUT2D eigenvalue weighted by Gasteiger charge is -2.13. The van der Waals surface area contributed by atoms with Crippen LogP contribution in [0.25, 0.3) is 43.4 Å². The van der Waals surface area contributed by atoms with E-state index in [2.05, 4.69) is 39.3 Å². The molecule has 17 heteroatoms. The zero-order valence-electron chi connectivity index (χ0n) is 37.0. The summed E-state index contributed by atoms with van der Waals surface area (Å²) in [5.74, 6) is 1.07. The van der Waals surface area contributed by atoms with Gasteiger partial charge in [-0.1, -0.05) is 97.4 Å². The highest BCUT2D eigenvalue weighted by atomic mass is 32.2. The number of aryl methyl sites for hydroxylation is 1. The van der Waals surface area contributed by atoms with Crippen LogP contribution in [0.1, 0.15) is 25.3 Å². The Morgan fingerprint density at radius 1 is 0.537 bits per heavy atom. The van der Waals surface area contributed by atoms with Gasteiger partial charge in [-0.2, -0.15) is 18.6 Å². The summed E-state index contributed by atoms with van der Waals surface area (Å²) in [4.78, 5) is 2.77. The number of aromatic nitrogens is 4. The number of hydrogen-bond donors (Lipinski definition) is 2. The summed E-state index contributed by atoms with van der Waals surface area (Å²) < 4.78 is 95.4. The van der Waals surface area contributed by atoms with Crippen molar-refractivity contribution in [3.8, 4) is 11.5 Å². The summed E-state index contributed by atoms with van der Waals surface area (Å²) in [6.45, 7) is 6.63. The van der Waals surface area contributed by atoms with E-state index in [9.17, 15) is 25.3 Å². The van der Waals surface area contributed by atoms with Gasteiger partial charge >= 0.3 is 0 Å². The standard InChI is InChI=1S/C27H24N2O6S2.C23H25N3O3S/c1-19-10-13-22(14-11-19)37(32,33)35-17-5-16-34-21-12-15-25-24(18-21)27(29-28-25)36(30,31)26-9-4-7-20-6-2-3-8-23(20)26;1-3-26(2)14-7-15-29-18-12-13-21-20(16-18)23(25-24-21)30(27,28)22-11-6-9-17-8-4-5-10-19(17)22/h2-4,6-15,18H,5,16-17H2,1H3,(H,28,29);4-6,8-13,16H,3,7,14-15H2,1-2H3,(H,24,25). The number of ether oxygens (including phenoxy) is 2. The van der Waals surface area contributed by atoms with Crippen LogP contribution in [0.15, 0.2) is 170 Å². The Bertz CT molecular complexity index is 3530. The lowest BCUT2D eigenvalue weighted by Crippen LogP contribution is -2.20. The van der Waals surface area contributed by atoms with Gasteiger partial charge in [0.05, 0.1) is 45.5 Å². The van der Waals surface area contributed by atoms with E-state index in [4.69, 9.17) is 13.7 Å². The molecular weight excluding hydrogens is 911 g/mol. The van der Waals surface area contributed by atoms with Crippen molar-refractivity contribution in [1.29, 1.82) is 0 Å². The third kappa shape index (κ3) is 10.4. The predicted molar refractivity (Wildman–Crippen MR) is 259 cm³/mol. The van der Waals surface area contributed by atoms with Gasteiger partial charge in [-0.15, -0.1) is 0 Å². The van der Waals surface area contributed by atoms with Crippen molar-refractivity contribution in [3.05, 3.63) is 151 Å². The molecule has 0 amide bonds. The molecule has 9 rings (SSSR count). The molecule has 0 spiro atoms. The van der Waals surface area contributed by atoms with Gasteiger partial charge in [-0.3, -0.25) is 14.4 Å². The number of aromatic amines is 2. The van der Waals surface area contributed by atoms with Crippen LogP contribution in [0.4, 0.5) is 0 Å². The van der Waals surface area contributed by atoms with E-state index in [1.54, 1.807) is 78.9 Å². The average molecular weight is 960 g/mol. The molecule has 0 fully saturated rings. The largest absolute Gasteiger partial charge is 0.494 e. The Morgan fingerprint density at radius 2 is 1.01 bits per heavy atom. The van der Waals surface area contributed by atoms with Gasteiger partial charge in [0.2, 0.25) is 19.7 Å². The Kier molecular flexibility index (Phi) is 14.1. The van der Waals surface area contributed by atoms with E-state index >= 15 is 0 Å². The zero-order chi connectivity index (χ0) is 47.2. The predicted octanol–water partition coefficient (Wildman–Crippen LogP) is 9.30. The zero-order valence-corrected chi connectivity index (χ0v) is 39.5. The van der Waals surface area contributed by atoms with Crippen molar-refractivity contribution >= 4 is 73.1 Å². The van der Waals surface area contributed by atoms with Crippen LogP contribution in [0, 0.1) is 6.92 Å². The highest BCUT2D eigenvalue weighted by molar-refractivity contribution is 7.92. The van der Waals surface area contributed by atoms with Gasteiger partial charge in [0, 0.05) is 34.5 Å². The number of benzene rings is 7. The van der Waals surface area contributed by atoms with Crippen molar-refractivity contribution in [2.24, 2.45) is 0 Å². The molecule has 2 heterocycles. The van der Waals surface area contributed by atoms with Crippen LogP contribution in [-0.4, -0.2) is 90.5 Å². The van der Waals surface area contributed by atoms with Crippen LogP contribution < -0.4 is 9.47 Å². The van der Waals surface area contributed by atoms with Crippen LogP contribution in [-0.2, 0) is 34.0 Å². The molecule has 0 aliphatic rings. The number of sulfone groups is 2.